The topological polar surface area (TPSA) is 74.1 Å². The molecule has 30 heavy (non-hydrogen) atoms. The molecule has 0 N–H and O–H groups in total. The van der Waals surface area contributed by atoms with E-state index in [1.807, 2.05) is 18.2 Å². The van der Waals surface area contributed by atoms with Crippen LogP contribution in [0.15, 0.2) is 53.1 Å². The summed E-state index contributed by atoms with van der Waals surface area (Å²) in [5, 5.41) is 0. The first-order valence-corrected chi connectivity index (χ1v) is 10.6. The number of furan rings is 1. The molecule has 1 aromatic carbocycles. The van der Waals surface area contributed by atoms with Crippen LogP contribution in [0.3, 0.4) is 0 Å². The van der Waals surface area contributed by atoms with Gasteiger partial charge in [0.15, 0.2) is 5.76 Å². The molecule has 4 heterocycles. The van der Waals surface area contributed by atoms with Gasteiger partial charge in [0.05, 0.1) is 18.1 Å². The number of piperidine rings is 1. The number of nitrogens with zero attached hydrogens (tertiary/aromatic N) is 3. The summed E-state index contributed by atoms with van der Waals surface area (Å²) in [5.41, 5.74) is 1.20. The van der Waals surface area contributed by atoms with Gasteiger partial charge in [-0.1, -0.05) is 30.3 Å². The molecule has 0 unspecified atom stereocenters. The van der Waals surface area contributed by atoms with Gasteiger partial charge >= 0.3 is 0 Å². The quantitative estimate of drug-likeness (QED) is 0.725. The summed E-state index contributed by atoms with van der Waals surface area (Å²) in [6.07, 6.45) is 2.73. The summed E-state index contributed by atoms with van der Waals surface area (Å²) in [6.45, 7) is 3.09. The number of amides is 3. The standard InChI is InChI=1S/C23H25N3O4/c27-21-18-14-24(13-16-5-2-1-3-6-16)15-19(18)22(28)26(21)17-8-10-25(11-9-17)23(29)20-7-4-12-30-20/h1-7,12,17-19H,8-11,13-15H2/t18-,19+. The van der Waals surface area contributed by atoms with Crippen molar-refractivity contribution in [2.24, 2.45) is 11.8 Å². The van der Waals surface area contributed by atoms with Crippen LogP contribution in [0.2, 0.25) is 0 Å². The lowest BCUT2D eigenvalue weighted by Crippen LogP contribution is -2.50. The zero-order valence-corrected chi connectivity index (χ0v) is 16.8. The highest BCUT2D eigenvalue weighted by atomic mass is 16.3. The summed E-state index contributed by atoms with van der Waals surface area (Å²) in [7, 11) is 0. The summed E-state index contributed by atoms with van der Waals surface area (Å²) in [5.74, 6) is -0.332. The van der Waals surface area contributed by atoms with Gasteiger partial charge in [-0.25, -0.2) is 0 Å². The summed E-state index contributed by atoms with van der Waals surface area (Å²) in [4.78, 5) is 44.1. The Morgan fingerprint density at radius 3 is 2.20 bits per heavy atom. The molecule has 3 saturated heterocycles. The van der Waals surface area contributed by atoms with Gasteiger partial charge in [-0.05, 0) is 30.5 Å². The minimum atomic E-state index is -0.232. The Hall–Kier alpha value is -2.93. The predicted octanol–water partition coefficient (Wildman–Crippen LogP) is 2.00. The fourth-order valence-electron chi connectivity index (χ4n) is 5.07. The number of hydrogen-bond donors (Lipinski definition) is 0. The van der Waals surface area contributed by atoms with Crippen molar-refractivity contribution in [1.29, 1.82) is 0 Å². The van der Waals surface area contributed by atoms with E-state index in [0.717, 1.165) is 6.54 Å². The van der Waals surface area contributed by atoms with Crippen molar-refractivity contribution in [3.05, 3.63) is 60.1 Å². The Kier molecular flexibility index (Phi) is 4.90. The molecule has 3 aliphatic heterocycles. The molecule has 0 aliphatic carbocycles. The third-order valence-electron chi connectivity index (χ3n) is 6.60. The summed E-state index contributed by atoms with van der Waals surface area (Å²) in [6, 6.07) is 13.4. The van der Waals surface area contributed by atoms with Crippen molar-refractivity contribution >= 4 is 17.7 Å². The molecule has 3 amide bonds. The number of likely N-dealkylation sites (tertiary alicyclic amines) is 3. The van der Waals surface area contributed by atoms with Crippen LogP contribution in [0.25, 0.3) is 0 Å². The zero-order chi connectivity index (χ0) is 20.7. The van der Waals surface area contributed by atoms with Crippen LogP contribution in [0, 0.1) is 11.8 Å². The van der Waals surface area contributed by atoms with E-state index in [-0.39, 0.29) is 35.6 Å². The van der Waals surface area contributed by atoms with Gasteiger partial charge in [0, 0.05) is 38.8 Å². The van der Waals surface area contributed by atoms with E-state index >= 15 is 0 Å². The molecular formula is C23H25N3O4. The molecule has 7 nitrogen and oxygen atoms in total. The van der Waals surface area contributed by atoms with Gasteiger partial charge in [-0.3, -0.25) is 24.2 Å². The number of carbonyl (C=O) groups is 3. The first kappa shape index (κ1) is 19.1. The monoisotopic (exact) mass is 407 g/mol. The Labute approximate surface area is 175 Å². The number of fused-ring (bicyclic) bond motifs is 1. The van der Waals surface area contributed by atoms with Crippen molar-refractivity contribution in [1.82, 2.24) is 14.7 Å². The smallest absolute Gasteiger partial charge is 0.289 e. The van der Waals surface area contributed by atoms with Crippen molar-refractivity contribution in [2.75, 3.05) is 26.2 Å². The van der Waals surface area contributed by atoms with Crippen LogP contribution in [0.4, 0.5) is 0 Å². The SMILES string of the molecule is O=C(c1ccco1)N1CCC(N2C(=O)[C@H]3CN(Cc4ccccc4)C[C@H]3C2=O)CC1. The number of imide groups is 1. The number of hydrogen-bond acceptors (Lipinski definition) is 5. The lowest BCUT2D eigenvalue weighted by molar-refractivity contribution is -0.144. The Bertz CT molecular complexity index is 911. The van der Waals surface area contributed by atoms with Gasteiger partial charge in [-0.15, -0.1) is 0 Å². The third kappa shape index (κ3) is 3.33. The van der Waals surface area contributed by atoms with Crippen LogP contribution in [-0.4, -0.2) is 64.6 Å². The Balaban J connectivity index is 1.19. The van der Waals surface area contributed by atoms with E-state index in [0.29, 0.717) is 44.8 Å². The molecule has 0 saturated carbocycles. The van der Waals surface area contributed by atoms with Crippen LogP contribution < -0.4 is 0 Å². The molecule has 3 aliphatic rings. The maximum Gasteiger partial charge on any atom is 0.289 e. The highest BCUT2D eigenvalue weighted by Crippen LogP contribution is 2.37. The van der Waals surface area contributed by atoms with Gasteiger partial charge in [-0.2, -0.15) is 0 Å². The fourth-order valence-corrected chi connectivity index (χ4v) is 5.07. The molecule has 0 spiro atoms. The highest BCUT2D eigenvalue weighted by molar-refractivity contribution is 6.06. The first-order chi connectivity index (χ1) is 14.6. The molecule has 0 bridgehead atoms. The second-order valence-electron chi connectivity index (χ2n) is 8.44. The maximum absolute atomic E-state index is 13.1. The molecule has 7 heteroatoms. The normalized spacial score (nSPS) is 25.2. The summed E-state index contributed by atoms with van der Waals surface area (Å²) >= 11 is 0. The van der Waals surface area contributed by atoms with E-state index in [2.05, 4.69) is 17.0 Å². The zero-order valence-electron chi connectivity index (χ0n) is 16.8. The van der Waals surface area contributed by atoms with Gasteiger partial charge in [0.1, 0.15) is 0 Å². The minimum absolute atomic E-state index is 0.0311. The van der Waals surface area contributed by atoms with Crippen LogP contribution in [0.1, 0.15) is 29.0 Å². The van der Waals surface area contributed by atoms with Crippen LogP contribution >= 0.6 is 0 Å². The molecule has 2 aromatic rings. The molecule has 0 radical (unpaired) electrons. The van der Waals surface area contributed by atoms with Gasteiger partial charge < -0.3 is 9.32 Å². The lowest BCUT2D eigenvalue weighted by Gasteiger charge is -2.36. The Morgan fingerprint density at radius 1 is 0.933 bits per heavy atom. The fraction of sp³-hybridized carbons (Fsp3) is 0.435. The average molecular weight is 407 g/mol. The molecule has 3 fully saturated rings. The first-order valence-electron chi connectivity index (χ1n) is 10.6. The van der Waals surface area contributed by atoms with Crippen LogP contribution in [-0.2, 0) is 16.1 Å². The second-order valence-corrected chi connectivity index (χ2v) is 8.44. The molecular weight excluding hydrogens is 382 g/mol. The molecule has 1 aromatic heterocycles. The van der Waals surface area contributed by atoms with E-state index < -0.39 is 0 Å². The number of rotatable bonds is 4. The predicted molar refractivity (Wildman–Crippen MR) is 108 cm³/mol. The van der Waals surface area contributed by atoms with Crippen molar-refractivity contribution in [2.45, 2.75) is 25.4 Å². The minimum Gasteiger partial charge on any atom is -0.459 e. The summed E-state index contributed by atoms with van der Waals surface area (Å²) < 4.78 is 5.20. The lowest BCUT2D eigenvalue weighted by atomic mass is 10.00. The van der Waals surface area contributed by atoms with E-state index in [4.69, 9.17) is 4.42 Å². The highest BCUT2D eigenvalue weighted by Gasteiger charge is 2.54. The number of benzene rings is 1. The molecule has 156 valence electrons. The molecule has 2 atom stereocenters. The van der Waals surface area contributed by atoms with E-state index in [9.17, 15) is 14.4 Å². The van der Waals surface area contributed by atoms with E-state index in [1.54, 1.807) is 17.0 Å². The van der Waals surface area contributed by atoms with Gasteiger partial charge in [0.25, 0.3) is 5.91 Å². The number of carbonyl (C=O) groups excluding carboxylic acids is 3. The van der Waals surface area contributed by atoms with Crippen molar-refractivity contribution in [3.8, 4) is 0 Å². The maximum atomic E-state index is 13.1. The van der Waals surface area contributed by atoms with Crippen LogP contribution in [0.5, 0.6) is 0 Å². The van der Waals surface area contributed by atoms with Crippen molar-refractivity contribution < 1.29 is 18.8 Å². The second kappa shape index (κ2) is 7.72. The van der Waals surface area contributed by atoms with Crippen molar-refractivity contribution in [3.63, 3.8) is 0 Å². The Morgan fingerprint density at radius 2 is 1.60 bits per heavy atom. The molecule has 5 rings (SSSR count). The largest absolute Gasteiger partial charge is 0.459 e. The van der Waals surface area contributed by atoms with E-state index in [1.165, 1.54) is 16.7 Å². The average Bonchev–Trinajstić information content (AvgIpc) is 3.49. The third-order valence-corrected chi connectivity index (χ3v) is 6.60. The van der Waals surface area contributed by atoms with Gasteiger partial charge in [0.2, 0.25) is 11.8 Å².